The number of carbonyl (C=O) groups is 2. The Balaban J connectivity index is 1.57. The number of carbonyl (C=O) groups excluding carboxylic acids is 2. The zero-order valence-corrected chi connectivity index (χ0v) is 13.8. The summed E-state index contributed by atoms with van der Waals surface area (Å²) in [4.78, 5) is 27.3. The molecule has 0 unspecified atom stereocenters. The summed E-state index contributed by atoms with van der Waals surface area (Å²) in [6.45, 7) is 2.00. The van der Waals surface area contributed by atoms with E-state index < -0.39 is 0 Å². The van der Waals surface area contributed by atoms with Gasteiger partial charge in [-0.2, -0.15) is 0 Å². The van der Waals surface area contributed by atoms with Crippen molar-refractivity contribution in [1.82, 2.24) is 0 Å². The van der Waals surface area contributed by atoms with E-state index in [9.17, 15) is 9.59 Å². The zero-order chi connectivity index (χ0) is 15.2. The van der Waals surface area contributed by atoms with Gasteiger partial charge in [0, 0.05) is 4.47 Å². The van der Waals surface area contributed by atoms with E-state index in [1.165, 1.54) is 17.7 Å². The smallest absolute Gasteiger partial charge is 0.238 e. The molecule has 2 saturated carbocycles. The number of fused-ring (bicyclic) bond motifs is 3. The fraction of sp³-hybridized carbons (Fsp3) is 0.444. The first-order valence-electron chi connectivity index (χ1n) is 7.87. The highest BCUT2D eigenvalue weighted by molar-refractivity contribution is 9.10. The lowest BCUT2D eigenvalue weighted by Crippen LogP contribution is -2.34. The average Bonchev–Trinajstić information content (AvgIpc) is 3.08. The van der Waals surface area contributed by atoms with Crippen molar-refractivity contribution in [2.45, 2.75) is 19.8 Å². The number of nitrogens with zero attached hydrogens (tertiary/aromatic N) is 1. The minimum absolute atomic E-state index is 0.00822. The Bertz CT molecular complexity index is 730. The molecule has 1 heterocycles. The minimum atomic E-state index is -0.120. The molecular formula is C18H16BrNO2. The average molecular weight is 358 g/mol. The van der Waals surface area contributed by atoms with Crippen LogP contribution in [-0.4, -0.2) is 11.8 Å². The van der Waals surface area contributed by atoms with Crippen LogP contribution in [0.1, 0.15) is 18.4 Å². The second kappa shape index (κ2) is 3.91. The number of anilines is 1. The molecule has 1 aliphatic heterocycles. The first-order chi connectivity index (χ1) is 10.5. The van der Waals surface area contributed by atoms with E-state index in [0.29, 0.717) is 5.69 Å². The lowest BCUT2D eigenvalue weighted by molar-refractivity contribution is -0.123. The second-order valence-electron chi connectivity index (χ2n) is 7.17. The standard InChI is InChI=1S/C18H16BrNO2/c1-9-2-3-10(8-13(9)19)20-16(21)14-11-4-5-12(15(14)17(20)22)18(11)6-7-18/h2-5,8,11-12,14-15H,6-7H2,1H3/t11-,12-,14+,15+/m1/s1. The summed E-state index contributed by atoms with van der Waals surface area (Å²) < 4.78 is 0.933. The van der Waals surface area contributed by atoms with Crippen molar-refractivity contribution >= 4 is 33.4 Å². The van der Waals surface area contributed by atoms with Gasteiger partial charge in [-0.05, 0) is 54.7 Å². The number of allylic oxidation sites excluding steroid dienone is 2. The van der Waals surface area contributed by atoms with E-state index in [2.05, 4.69) is 28.1 Å². The Morgan fingerprint density at radius 1 is 1.09 bits per heavy atom. The van der Waals surface area contributed by atoms with E-state index in [0.717, 1.165) is 10.0 Å². The molecule has 1 saturated heterocycles. The number of amides is 2. The molecule has 2 amide bonds. The van der Waals surface area contributed by atoms with Crippen molar-refractivity contribution in [1.29, 1.82) is 0 Å². The molecule has 112 valence electrons. The fourth-order valence-electron chi connectivity index (χ4n) is 5.05. The lowest BCUT2D eigenvalue weighted by Gasteiger charge is -2.22. The Morgan fingerprint density at radius 3 is 2.18 bits per heavy atom. The van der Waals surface area contributed by atoms with Crippen molar-refractivity contribution < 1.29 is 9.59 Å². The predicted molar refractivity (Wildman–Crippen MR) is 86.1 cm³/mol. The van der Waals surface area contributed by atoms with Gasteiger partial charge in [0.15, 0.2) is 0 Å². The number of halogens is 1. The second-order valence-corrected chi connectivity index (χ2v) is 8.02. The van der Waals surface area contributed by atoms with Crippen LogP contribution in [0.4, 0.5) is 5.69 Å². The Morgan fingerprint density at radius 2 is 1.68 bits per heavy atom. The highest BCUT2D eigenvalue weighted by Gasteiger charge is 2.73. The van der Waals surface area contributed by atoms with Crippen LogP contribution < -0.4 is 4.90 Å². The maximum Gasteiger partial charge on any atom is 0.238 e. The summed E-state index contributed by atoms with van der Waals surface area (Å²) >= 11 is 3.50. The summed E-state index contributed by atoms with van der Waals surface area (Å²) in [6.07, 6.45) is 6.77. The monoisotopic (exact) mass is 357 g/mol. The van der Waals surface area contributed by atoms with Crippen LogP contribution in [0.15, 0.2) is 34.8 Å². The Labute approximate surface area is 137 Å². The topological polar surface area (TPSA) is 37.4 Å². The highest BCUT2D eigenvalue weighted by Crippen LogP contribution is 2.73. The number of rotatable bonds is 1. The van der Waals surface area contributed by atoms with Crippen molar-refractivity contribution in [3.63, 3.8) is 0 Å². The zero-order valence-electron chi connectivity index (χ0n) is 12.3. The van der Waals surface area contributed by atoms with Gasteiger partial charge < -0.3 is 0 Å². The Kier molecular flexibility index (Phi) is 2.32. The van der Waals surface area contributed by atoms with Crippen molar-refractivity contribution in [3.8, 4) is 0 Å². The third kappa shape index (κ3) is 1.34. The van der Waals surface area contributed by atoms with Crippen LogP contribution in [0.25, 0.3) is 0 Å². The van der Waals surface area contributed by atoms with Crippen LogP contribution in [0.5, 0.6) is 0 Å². The van der Waals surface area contributed by atoms with E-state index in [1.54, 1.807) is 0 Å². The Hall–Kier alpha value is -1.42. The molecule has 0 radical (unpaired) electrons. The van der Waals surface area contributed by atoms with Crippen LogP contribution in [0.2, 0.25) is 0 Å². The molecule has 3 nitrogen and oxygen atoms in total. The van der Waals surface area contributed by atoms with Gasteiger partial charge in [-0.1, -0.05) is 34.1 Å². The number of hydrogen-bond donors (Lipinski definition) is 0. The number of imide groups is 1. The van der Waals surface area contributed by atoms with Gasteiger partial charge in [0.1, 0.15) is 0 Å². The fourth-order valence-corrected chi connectivity index (χ4v) is 5.42. The van der Waals surface area contributed by atoms with Gasteiger partial charge in [0.25, 0.3) is 0 Å². The normalized spacial score (nSPS) is 36.5. The number of hydrogen-bond acceptors (Lipinski definition) is 2. The van der Waals surface area contributed by atoms with Crippen LogP contribution in [-0.2, 0) is 9.59 Å². The third-order valence-corrected chi connectivity index (χ3v) is 7.12. The number of benzene rings is 1. The molecular weight excluding hydrogens is 342 g/mol. The van der Waals surface area contributed by atoms with Crippen molar-refractivity contribution in [2.75, 3.05) is 4.90 Å². The summed E-state index contributed by atoms with van der Waals surface area (Å²) in [5.74, 6) is 0.355. The SMILES string of the molecule is Cc1ccc(N2C(=O)[C@@H]3[C@@H](C2=O)[C@H]2C=C[C@H]3C23CC3)cc1Br. The van der Waals surface area contributed by atoms with E-state index in [-0.39, 0.29) is 40.9 Å². The third-order valence-electron chi connectivity index (χ3n) is 6.27. The lowest BCUT2D eigenvalue weighted by atomic mass is 9.85. The molecule has 4 heteroatoms. The summed E-state index contributed by atoms with van der Waals surface area (Å²) in [5.41, 5.74) is 2.06. The van der Waals surface area contributed by atoms with Gasteiger partial charge in [-0.3, -0.25) is 9.59 Å². The van der Waals surface area contributed by atoms with E-state index in [1.807, 2.05) is 25.1 Å². The molecule has 5 rings (SSSR count). The molecule has 3 fully saturated rings. The predicted octanol–water partition coefficient (Wildman–Crippen LogP) is 3.46. The molecule has 2 bridgehead atoms. The minimum Gasteiger partial charge on any atom is -0.274 e. The molecule has 0 aromatic heterocycles. The van der Waals surface area contributed by atoms with Gasteiger partial charge in [0.2, 0.25) is 11.8 Å². The van der Waals surface area contributed by atoms with Crippen molar-refractivity contribution in [2.24, 2.45) is 29.1 Å². The van der Waals surface area contributed by atoms with Crippen LogP contribution >= 0.6 is 15.9 Å². The van der Waals surface area contributed by atoms with Gasteiger partial charge >= 0.3 is 0 Å². The molecule has 0 N–H and O–H groups in total. The molecule has 4 atom stereocenters. The largest absolute Gasteiger partial charge is 0.274 e. The molecule has 22 heavy (non-hydrogen) atoms. The van der Waals surface area contributed by atoms with Gasteiger partial charge in [0.05, 0.1) is 17.5 Å². The quantitative estimate of drug-likeness (QED) is 0.570. The van der Waals surface area contributed by atoms with E-state index in [4.69, 9.17) is 0 Å². The van der Waals surface area contributed by atoms with Gasteiger partial charge in [-0.25, -0.2) is 4.90 Å². The number of aryl methyl sites for hydroxylation is 1. The summed E-state index contributed by atoms with van der Waals surface area (Å²) in [6, 6.07) is 5.71. The first kappa shape index (κ1) is 13.1. The molecule has 1 spiro atoms. The van der Waals surface area contributed by atoms with Crippen LogP contribution in [0, 0.1) is 36.0 Å². The highest BCUT2D eigenvalue weighted by atomic mass is 79.9. The maximum absolute atomic E-state index is 13.0. The first-order valence-corrected chi connectivity index (χ1v) is 8.66. The molecule has 4 aliphatic rings. The van der Waals surface area contributed by atoms with Crippen LogP contribution in [0.3, 0.4) is 0 Å². The molecule has 1 aromatic carbocycles. The van der Waals surface area contributed by atoms with Crippen molar-refractivity contribution in [3.05, 3.63) is 40.4 Å². The summed E-state index contributed by atoms with van der Waals surface area (Å²) in [5, 5.41) is 0. The summed E-state index contributed by atoms with van der Waals surface area (Å²) in [7, 11) is 0. The molecule has 1 aromatic rings. The maximum atomic E-state index is 13.0. The van der Waals surface area contributed by atoms with Gasteiger partial charge in [-0.15, -0.1) is 0 Å². The molecule has 3 aliphatic carbocycles. The van der Waals surface area contributed by atoms with E-state index >= 15 is 0 Å².